The number of nitrogens with two attached hydrogens (primary N) is 1. The summed E-state index contributed by atoms with van der Waals surface area (Å²) in [5.74, 6) is -1.97. The SMILES string of the molecule is COC(=O)[C@H](N)Cc1cc(C(=O)O)cc([N+](=O)[O-])c1. The maximum absolute atomic E-state index is 11.2. The van der Waals surface area contributed by atoms with E-state index in [1.807, 2.05) is 0 Å². The first-order chi connectivity index (χ1) is 8.85. The Hall–Kier alpha value is -2.48. The van der Waals surface area contributed by atoms with Gasteiger partial charge in [-0.1, -0.05) is 0 Å². The molecule has 102 valence electrons. The van der Waals surface area contributed by atoms with Crippen molar-refractivity contribution in [3.05, 3.63) is 39.4 Å². The average molecular weight is 268 g/mol. The third-order valence-corrected chi connectivity index (χ3v) is 2.39. The Morgan fingerprint density at radius 2 is 2.11 bits per heavy atom. The second-order valence-corrected chi connectivity index (χ2v) is 3.78. The molecule has 0 aliphatic carbocycles. The second kappa shape index (κ2) is 5.91. The molecule has 1 aromatic carbocycles. The number of aromatic carboxylic acids is 1. The fraction of sp³-hybridized carbons (Fsp3) is 0.273. The smallest absolute Gasteiger partial charge is 0.335 e. The fourth-order valence-corrected chi connectivity index (χ4v) is 1.51. The summed E-state index contributed by atoms with van der Waals surface area (Å²) in [7, 11) is 1.16. The van der Waals surface area contributed by atoms with Gasteiger partial charge in [-0.25, -0.2) is 4.79 Å². The van der Waals surface area contributed by atoms with Gasteiger partial charge in [-0.05, 0) is 18.1 Å². The van der Waals surface area contributed by atoms with Gasteiger partial charge in [0.2, 0.25) is 0 Å². The molecule has 0 unspecified atom stereocenters. The third kappa shape index (κ3) is 3.75. The molecule has 0 saturated carbocycles. The summed E-state index contributed by atoms with van der Waals surface area (Å²) in [6.45, 7) is 0. The number of hydrogen-bond donors (Lipinski definition) is 2. The molecule has 0 aliphatic heterocycles. The molecule has 0 spiro atoms. The normalized spacial score (nSPS) is 11.7. The molecule has 8 heteroatoms. The Balaban J connectivity index is 3.09. The van der Waals surface area contributed by atoms with Gasteiger partial charge in [0.05, 0.1) is 17.6 Å². The minimum atomic E-state index is -1.29. The van der Waals surface area contributed by atoms with Crippen LogP contribution >= 0.6 is 0 Å². The van der Waals surface area contributed by atoms with Crippen LogP contribution in [-0.4, -0.2) is 35.1 Å². The van der Waals surface area contributed by atoms with E-state index in [9.17, 15) is 19.7 Å². The van der Waals surface area contributed by atoms with Gasteiger partial charge >= 0.3 is 11.9 Å². The molecule has 3 N–H and O–H groups in total. The average Bonchev–Trinajstić information content (AvgIpc) is 2.37. The zero-order valence-corrected chi connectivity index (χ0v) is 10.0. The number of methoxy groups -OCH3 is 1. The van der Waals surface area contributed by atoms with Gasteiger partial charge in [-0.2, -0.15) is 0 Å². The van der Waals surface area contributed by atoms with Crippen LogP contribution in [0.2, 0.25) is 0 Å². The number of carbonyl (C=O) groups excluding carboxylic acids is 1. The molecule has 1 aromatic rings. The van der Waals surface area contributed by atoms with Crippen LogP contribution in [0.25, 0.3) is 0 Å². The number of carboxylic acids is 1. The number of esters is 1. The summed E-state index contributed by atoms with van der Waals surface area (Å²) in [5.41, 5.74) is 5.20. The van der Waals surface area contributed by atoms with Crippen molar-refractivity contribution in [1.29, 1.82) is 0 Å². The van der Waals surface area contributed by atoms with Gasteiger partial charge in [0.15, 0.2) is 0 Å². The van der Waals surface area contributed by atoms with Gasteiger partial charge in [-0.3, -0.25) is 14.9 Å². The van der Waals surface area contributed by atoms with Crippen LogP contribution in [0.4, 0.5) is 5.69 Å². The Bertz CT molecular complexity index is 496. The van der Waals surface area contributed by atoms with E-state index in [-0.39, 0.29) is 23.2 Å². The second-order valence-electron chi connectivity index (χ2n) is 3.78. The number of rotatable bonds is 5. The Kier molecular flexibility index (Phi) is 4.54. The number of ether oxygens (including phenoxy) is 1. The minimum Gasteiger partial charge on any atom is -0.478 e. The van der Waals surface area contributed by atoms with E-state index < -0.39 is 22.9 Å². The van der Waals surface area contributed by atoms with E-state index in [1.54, 1.807) is 0 Å². The zero-order valence-electron chi connectivity index (χ0n) is 10.0. The number of nitrogens with zero attached hydrogens (tertiary/aromatic N) is 1. The monoisotopic (exact) mass is 268 g/mol. The van der Waals surface area contributed by atoms with Crippen LogP contribution in [0.5, 0.6) is 0 Å². The van der Waals surface area contributed by atoms with Gasteiger partial charge in [0, 0.05) is 12.1 Å². The van der Waals surface area contributed by atoms with Gasteiger partial charge < -0.3 is 15.6 Å². The molecule has 0 amide bonds. The molecule has 0 bridgehead atoms. The number of carboxylic acid groups (broad SMARTS) is 1. The lowest BCUT2D eigenvalue weighted by Gasteiger charge is -2.09. The number of nitro groups is 1. The largest absolute Gasteiger partial charge is 0.478 e. The molecule has 19 heavy (non-hydrogen) atoms. The molecular weight excluding hydrogens is 256 g/mol. The maximum Gasteiger partial charge on any atom is 0.335 e. The Morgan fingerprint density at radius 1 is 1.47 bits per heavy atom. The predicted octanol–water partition coefficient (Wildman–Crippen LogP) is 0.336. The molecule has 0 fully saturated rings. The van der Waals surface area contributed by atoms with Gasteiger partial charge in [-0.15, -0.1) is 0 Å². The van der Waals surface area contributed by atoms with Crippen molar-refractivity contribution in [3.8, 4) is 0 Å². The number of benzene rings is 1. The fourth-order valence-electron chi connectivity index (χ4n) is 1.51. The summed E-state index contributed by atoms with van der Waals surface area (Å²) in [6.07, 6.45) is -0.0470. The highest BCUT2D eigenvalue weighted by Crippen LogP contribution is 2.18. The molecule has 0 heterocycles. The lowest BCUT2D eigenvalue weighted by molar-refractivity contribution is -0.384. The zero-order chi connectivity index (χ0) is 14.6. The highest BCUT2D eigenvalue weighted by molar-refractivity contribution is 5.88. The van der Waals surface area contributed by atoms with Crippen molar-refractivity contribution in [2.24, 2.45) is 5.73 Å². The Morgan fingerprint density at radius 3 is 2.58 bits per heavy atom. The number of hydrogen-bond acceptors (Lipinski definition) is 6. The van der Waals surface area contributed by atoms with E-state index in [4.69, 9.17) is 10.8 Å². The minimum absolute atomic E-state index is 0.0470. The van der Waals surface area contributed by atoms with E-state index in [0.717, 1.165) is 13.2 Å². The molecule has 0 saturated heterocycles. The van der Waals surface area contributed by atoms with Crippen LogP contribution in [-0.2, 0) is 16.0 Å². The Labute approximate surface area is 107 Å². The topological polar surface area (TPSA) is 133 Å². The lowest BCUT2D eigenvalue weighted by atomic mass is 10.0. The van der Waals surface area contributed by atoms with Crippen molar-refractivity contribution in [3.63, 3.8) is 0 Å². The standard InChI is InChI=1S/C11H12N2O6/c1-19-11(16)9(12)4-6-2-7(10(14)15)5-8(3-6)13(17)18/h2-3,5,9H,4,12H2,1H3,(H,14,15)/t9-/m1/s1. The molecular formula is C11H12N2O6. The van der Waals surface area contributed by atoms with Gasteiger partial charge in [0.25, 0.3) is 5.69 Å². The van der Waals surface area contributed by atoms with Crippen LogP contribution in [0, 0.1) is 10.1 Å². The summed E-state index contributed by atoms with van der Waals surface area (Å²) in [5, 5.41) is 19.6. The molecule has 1 rings (SSSR count). The lowest BCUT2D eigenvalue weighted by Crippen LogP contribution is -2.33. The van der Waals surface area contributed by atoms with E-state index >= 15 is 0 Å². The number of carbonyl (C=O) groups is 2. The molecule has 0 aromatic heterocycles. The molecule has 8 nitrogen and oxygen atoms in total. The van der Waals surface area contributed by atoms with Crippen molar-refractivity contribution >= 4 is 17.6 Å². The van der Waals surface area contributed by atoms with Gasteiger partial charge in [0.1, 0.15) is 6.04 Å². The van der Waals surface area contributed by atoms with Crippen LogP contribution in [0.15, 0.2) is 18.2 Å². The van der Waals surface area contributed by atoms with Crippen LogP contribution in [0.3, 0.4) is 0 Å². The molecule has 1 atom stereocenters. The van der Waals surface area contributed by atoms with Crippen LogP contribution in [0.1, 0.15) is 15.9 Å². The first-order valence-electron chi connectivity index (χ1n) is 5.20. The quantitative estimate of drug-likeness (QED) is 0.446. The molecule has 0 radical (unpaired) electrons. The number of nitro benzene ring substituents is 1. The predicted molar refractivity (Wildman–Crippen MR) is 63.8 cm³/mol. The summed E-state index contributed by atoms with van der Waals surface area (Å²) in [6, 6.07) is 2.34. The van der Waals surface area contributed by atoms with E-state index in [2.05, 4.69) is 4.74 Å². The first-order valence-corrected chi connectivity index (χ1v) is 5.20. The highest BCUT2D eigenvalue weighted by Gasteiger charge is 2.18. The summed E-state index contributed by atoms with van der Waals surface area (Å²) >= 11 is 0. The highest BCUT2D eigenvalue weighted by atomic mass is 16.6. The van der Waals surface area contributed by atoms with E-state index in [1.165, 1.54) is 12.1 Å². The van der Waals surface area contributed by atoms with Crippen molar-refractivity contribution in [2.45, 2.75) is 12.5 Å². The molecule has 0 aliphatic rings. The maximum atomic E-state index is 11.2. The first kappa shape index (κ1) is 14.6. The third-order valence-electron chi connectivity index (χ3n) is 2.39. The van der Waals surface area contributed by atoms with Crippen LogP contribution < -0.4 is 5.73 Å². The van der Waals surface area contributed by atoms with E-state index in [0.29, 0.717) is 0 Å². The summed E-state index contributed by atoms with van der Waals surface area (Å²) in [4.78, 5) is 32.0. The van der Waals surface area contributed by atoms with Crippen molar-refractivity contribution < 1.29 is 24.4 Å². The van der Waals surface area contributed by atoms with Crippen molar-refractivity contribution in [1.82, 2.24) is 0 Å². The number of non-ortho nitro benzene ring substituents is 1. The summed E-state index contributed by atoms with van der Waals surface area (Å²) < 4.78 is 4.43. The van der Waals surface area contributed by atoms with Crippen molar-refractivity contribution in [2.75, 3.05) is 7.11 Å².